The fourth-order valence-corrected chi connectivity index (χ4v) is 7.48. The van der Waals surface area contributed by atoms with E-state index in [1.54, 1.807) is 17.5 Å². The van der Waals surface area contributed by atoms with Crippen molar-refractivity contribution in [3.8, 4) is 0 Å². The van der Waals surface area contributed by atoms with Crippen LogP contribution in [0.2, 0.25) is 0 Å². The second-order valence-electron chi connectivity index (χ2n) is 10.7. The van der Waals surface area contributed by atoms with Gasteiger partial charge in [0, 0.05) is 25.2 Å². The third-order valence-electron chi connectivity index (χ3n) is 7.14. The number of carbonyl (C=O) groups is 1. The van der Waals surface area contributed by atoms with Gasteiger partial charge in [0.1, 0.15) is 22.6 Å². The number of carbonyl (C=O) groups excluding carboxylic acids is 1. The molecular weight excluding hydrogens is 616 g/mol. The highest BCUT2D eigenvalue weighted by Crippen LogP contribution is 2.32. The number of hydrogen-bond donors (Lipinski definition) is 1. The predicted octanol–water partition coefficient (Wildman–Crippen LogP) is 7.16. The molecular formula is C31H36F4N4O3S2. The maximum atomic E-state index is 13.4. The van der Waals surface area contributed by atoms with Crippen LogP contribution in [0.15, 0.2) is 71.3 Å². The SMILES string of the molecule is CC(C)N(C1CCN(CC(=O)Nc2nc3ccc(F)cc3s2)CC1)S(=O)c1cccc(C(F)(F)F)c1.COC1=CCCC=C1. The Morgan fingerprint density at radius 3 is 2.55 bits per heavy atom. The minimum absolute atomic E-state index is 0.0983. The lowest BCUT2D eigenvalue weighted by molar-refractivity contribution is -0.137. The predicted molar refractivity (Wildman–Crippen MR) is 166 cm³/mol. The molecule has 0 saturated carbocycles. The number of fused-ring (bicyclic) bond motifs is 1. The Labute approximate surface area is 261 Å². The Hall–Kier alpha value is -3.13. The lowest BCUT2D eigenvalue weighted by atomic mass is 10.0. The number of thiazole rings is 1. The molecule has 1 aromatic heterocycles. The first-order valence-electron chi connectivity index (χ1n) is 14.3. The van der Waals surface area contributed by atoms with Gasteiger partial charge in [-0.2, -0.15) is 13.2 Å². The minimum Gasteiger partial charge on any atom is -0.497 e. The van der Waals surface area contributed by atoms with Gasteiger partial charge in [0.05, 0.1) is 34.3 Å². The monoisotopic (exact) mass is 652 g/mol. The number of methoxy groups -OCH3 is 1. The summed E-state index contributed by atoms with van der Waals surface area (Å²) < 4.78 is 73.4. The number of amides is 1. The van der Waals surface area contributed by atoms with E-state index in [-0.39, 0.29) is 35.2 Å². The molecule has 238 valence electrons. The van der Waals surface area contributed by atoms with Crippen molar-refractivity contribution in [2.24, 2.45) is 0 Å². The molecule has 3 aromatic rings. The number of piperidine rings is 1. The largest absolute Gasteiger partial charge is 0.497 e. The number of hydrogen-bond acceptors (Lipinski definition) is 6. The second-order valence-corrected chi connectivity index (χ2v) is 13.1. The number of ether oxygens (including phenoxy) is 1. The van der Waals surface area contributed by atoms with E-state index >= 15 is 0 Å². The Morgan fingerprint density at radius 2 is 1.93 bits per heavy atom. The first kappa shape index (κ1) is 33.8. The molecule has 1 N–H and O–H groups in total. The summed E-state index contributed by atoms with van der Waals surface area (Å²) in [5, 5.41) is 3.16. The van der Waals surface area contributed by atoms with E-state index in [0.717, 1.165) is 30.7 Å². The van der Waals surface area contributed by atoms with Crippen LogP contribution in [0.5, 0.6) is 0 Å². The van der Waals surface area contributed by atoms with Gasteiger partial charge in [-0.15, -0.1) is 0 Å². The first-order chi connectivity index (χ1) is 20.9. The number of benzene rings is 2. The molecule has 1 fully saturated rings. The molecule has 5 rings (SSSR count). The molecule has 1 amide bonds. The molecule has 1 aliphatic heterocycles. The maximum absolute atomic E-state index is 13.4. The molecule has 44 heavy (non-hydrogen) atoms. The molecule has 2 heterocycles. The average Bonchev–Trinajstić information content (AvgIpc) is 3.39. The van der Waals surface area contributed by atoms with Crippen LogP contribution in [0.25, 0.3) is 10.2 Å². The average molecular weight is 653 g/mol. The Kier molecular flexibility index (Phi) is 11.7. The third-order valence-corrected chi connectivity index (χ3v) is 9.83. The molecule has 0 bridgehead atoms. The van der Waals surface area contributed by atoms with E-state index in [9.17, 15) is 26.6 Å². The normalized spacial score (nSPS) is 16.9. The zero-order valence-electron chi connectivity index (χ0n) is 24.8. The molecule has 13 heteroatoms. The van der Waals surface area contributed by atoms with Crippen molar-refractivity contribution < 1.29 is 31.3 Å². The molecule has 1 saturated heterocycles. The van der Waals surface area contributed by atoms with Crippen molar-refractivity contribution in [1.29, 1.82) is 0 Å². The summed E-state index contributed by atoms with van der Waals surface area (Å²) in [6.45, 7) is 5.04. The van der Waals surface area contributed by atoms with Crippen LogP contribution in [-0.2, 0) is 26.7 Å². The van der Waals surface area contributed by atoms with Crippen molar-refractivity contribution in [3.05, 3.63) is 77.8 Å². The number of nitrogens with zero attached hydrogens (tertiary/aromatic N) is 3. The number of aromatic nitrogens is 1. The van der Waals surface area contributed by atoms with Crippen LogP contribution < -0.4 is 5.32 Å². The fourth-order valence-electron chi connectivity index (χ4n) is 5.04. The molecule has 0 spiro atoms. The Balaban J connectivity index is 0.000000479. The molecule has 1 atom stereocenters. The summed E-state index contributed by atoms with van der Waals surface area (Å²) in [4.78, 5) is 18.9. The first-order valence-corrected chi connectivity index (χ1v) is 16.2. The van der Waals surface area contributed by atoms with E-state index in [2.05, 4.69) is 22.5 Å². The highest BCUT2D eigenvalue weighted by Gasteiger charge is 2.34. The van der Waals surface area contributed by atoms with Crippen molar-refractivity contribution in [2.75, 3.05) is 32.1 Å². The second kappa shape index (κ2) is 15.2. The van der Waals surface area contributed by atoms with Crippen molar-refractivity contribution >= 4 is 43.6 Å². The smallest absolute Gasteiger partial charge is 0.416 e. The van der Waals surface area contributed by atoms with Gasteiger partial charge in [-0.3, -0.25) is 9.69 Å². The lowest BCUT2D eigenvalue weighted by Crippen LogP contribution is -2.49. The van der Waals surface area contributed by atoms with Crippen molar-refractivity contribution in [2.45, 2.75) is 62.7 Å². The molecule has 2 aliphatic rings. The number of halogens is 4. The summed E-state index contributed by atoms with van der Waals surface area (Å²) in [5.41, 5.74) is -0.212. The third kappa shape index (κ3) is 9.19. The van der Waals surface area contributed by atoms with Gasteiger partial charge in [-0.05, 0) is 88.1 Å². The molecule has 0 radical (unpaired) electrons. The maximum Gasteiger partial charge on any atom is 0.416 e. The number of nitrogens with one attached hydrogen (secondary N) is 1. The number of anilines is 1. The van der Waals surface area contributed by atoms with Gasteiger partial charge in [0.15, 0.2) is 5.13 Å². The van der Waals surface area contributed by atoms with E-state index in [4.69, 9.17) is 4.74 Å². The molecule has 1 unspecified atom stereocenters. The molecule has 1 aliphatic carbocycles. The highest BCUT2D eigenvalue weighted by molar-refractivity contribution is 7.82. The Morgan fingerprint density at radius 1 is 1.18 bits per heavy atom. The van der Waals surface area contributed by atoms with E-state index in [1.165, 1.54) is 35.6 Å². The highest BCUT2D eigenvalue weighted by atomic mass is 32.2. The summed E-state index contributed by atoms with van der Waals surface area (Å²) in [6, 6.07) is 8.65. The van der Waals surface area contributed by atoms with Gasteiger partial charge < -0.3 is 10.1 Å². The summed E-state index contributed by atoms with van der Waals surface area (Å²) in [7, 11) is -0.0542. The molecule has 7 nitrogen and oxygen atoms in total. The fraction of sp³-hybridized carbons (Fsp3) is 0.419. The van der Waals surface area contributed by atoms with Crippen LogP contribution in [0.4, 0.5) is 22.7 Å². The number of allylic oxidation sites excluding steroid dienone is 3. The summed E-state index contributed by atoms with van der Waals surface area (Å²) >= 11 is 1.20. The van der Waals surface area contributed by atoms with Crippen LogP contribution >= 0.6 is 11.3 Å². The topological polar surface area (TPSA) is 74.8 Å². The van der Waals surface area contributed by atoms with Gasteiger partial charge >= 0.3 is 6.18 Å². The van der Waals surface area contributed by atoms with Crippen LogP contribution in [-0.4, -0.2) is 63.1 Å². The van der Waals surface area contributed by atoms with Crippen molar-refractivity contribution in [3.63, 3.8) is 0 Å². The zero-order valence-corrected chi connectivity index (χ0v) is 26.4. The van der Waals surface area contributed by atoms with Gasteiger partial charge in [0.2, 0.25) is 5.91 Å². The van der Waals surface area contributed by atoms with E-state index < -0.39 is 22.7 Å². The number of alkyl halides is 3. The minimum atomic E-state index is -4.50. The van der Waals surface area contributed by atoms with Crippen molar-refractivity contribution in [1.82, 2.24) is 14.2 Å². The van der Waals surface area contributed by atoms with E-state index in [0.29, 0.717) is 41.3 Å². The quantitative estimate of drug-likeness (QED) is 0.262. The zero-order chi connectivity index (χ0) is 31.9. The molecule has 2 aromatic carbocycles. The van der Waals surface area contributed by atoms with Gasteiger partial charge in [0.25, 0.3) is 0 Å². The van der Waals surface area contributed by atoms with Crippen LogP contribution in [0.1, 0.15) is 45.1 Å². The lowest BCUT2D eigenvalue weighted by Gasteiger charge is -2.39. The van der Waals surface area contributed by atoms with Gasteiger partial charge in [-0.25, -0.2) is 17.9 Å². The van der Waals surface area contributed by atoms with Gasteiger partial charge in [-0.1, -0.05) is 23.5 Å². The number of rotatable bonds is 8. The summed E-state index contributed by atoms with van der Waals surface area (Å²) in [6.07, 6.45) is 5.25. The Bertz CT molecular complexity index is 1520. The standard InChI is InChI=1S/C24H26F4N4O2S2.C7H10O/c1-15(2)32(36(34)19-5-3-4-16(12-19)24(26,27)28)18-8-10-31(11-9-18)14-22(33)30-23-29-20-7-6-17(25)13-21(20)35-23;1-8-7-5-3-2-4-6-7/h3-7,12-13,15,18H,8-11,14H2,1-2H3,(H,29,30,33);3,5-6H,2,4H2,1H3. The number of likely N-dealkylation sites (tertiary alicyclic amines) is 1. The summed E-state index contributed by atoms with van der Waals surface area (Å²) in [5.74, 6) is 0.397. The van der Waals surface area contributed by atoms with Crippen LogP contribution in [0.3, 0.4) is 0 Å². The van der Waals surface area contributed by atoms with Crippen LogP contribution in [0, 0.1) is 5.82 Å². The van der Waals surface area contributed by atoms with E-state index in [1.807, 2.05) is 24.8 Å².